The lowest BCUT2D eigenvalue weighted by Gasteiger charge is -2.36. The Morgan fingerprint density at radius 1 is 1.00 bits per heavy atom. The number of nitrogens with one attached hydrogen (secondary N) is 1. The lowest BCUT2D eigenvalue weighted by atomic mass is 10.2. The van der Waals surface area contributed by atoms with Crippen LogP contribution in [0.5, 0.6) is 0 Å². The third-order valence-corrected chi connectivity index (χ3v) is 10.0. The van der Waals surface area contributed by atoms with Crippen LogP contribution in [0, 0.1) is 5.82 Å². The zero-order chi connectivity index (χ0) is 19.7. The number of rotatable bonds is 6. The van der Waals surface area contributed by atoms with E-state index in [1.165, 1.54) is 0 Å². The first-order valence-electron chi connectivity index (χ1n) is 9.44. The molecule has 3 aromatic rings. The van der Waals surface area contributed by atoms with Crippen molar-refractivity contribution in [3.8, 4) is 5.69 Å². The Labute approximate surface area is 162 Å². The number of halogens is 1. The van der Waals surface area contributed by atoms with Gasteiger partial charge in [-0.3, -0.25) is 4.57 Å². The van der Waals surface area contributed by atoms with Crippen LogP contribution in [0.1, 0.15) is 20.8 Å². The molecule has 0 saturated heterocycles. The first-order valence-corrected chi connectivity index (χ1v) is 12.4. The van der Waals surface area contributed by atoms with Crippen LogP contribution in [0.4, 0.5) is 10.2 Å². The van der Waals surface area contributed by atoms with E-state index in [9.17, 15) is 0 Å². The van der Waals surface area contributed by atoms with Crippen molar-refractivity contribution in [3.05, 3.63) is 60.4 Å². The topological polar surface area (TPSA) is 26.2 Å². The van der Waals surface area contributed by atoms with Gasteiger partial charge in [-0.05, 0) is 42.4 Å². The third kappa shape index (κ3) is 3.94. The number of benzene rings is 2. The number of anilines is 1. The lowest BCUT2D eigenvalue weighted by molar-refractivity contribution is 0.301. The van der Waals surface area contributed by atoms with Crippen LogP contribution >= 0.6 is 0 Å². The highest BCUT2D eigenvalue weighted by Gasteiger charge is 2.36. The fraction of sp³-hybridized carbons (Fsp3) is 0.364. The van der Waals surface area contributed by atoms with E-state index in [0.29, 0.717) is 24.4 Å². The molecule has 0 atom stereocenters. The van der Waals surface area contributed by atoms with Crippen molar-refractivity contribution in [1.82, 2.24) is 4.57 Å². The molecule has 0 aliphatic rings. The van der Waals surface area contributed by atoms with Gasteiger partial charge in [0.05, 0.1) is 12.1 Å². The summed E-state index contributed by atoms with van der Waals surface area (Å²) in [5.74, 6) is 0.267. The largest absolute Gasteiger partial charge is 0.415 e. The molecule has 27 heavy (non-hydrogen) atoms. The van der Waals surface area contributed by atoms with Crippen LogP contribution in [0.2, 0.25) is 18.1 Å². The molecule has 0 bridgehead atoms. The highest BCUT2D eigenvalue weighted by molar-refractivity contribution is 6.74. The summed E-state index contributed by atoms with van der Waals surface area (Å²) in [6.45, 7) is 12.3. The Hall–Kier alpha value is -2.11. The van der Waals surface area contributed by atoms with Gasteiger partial charge in [0.15, 0.2) is 14.1 Å². The van der Waals surface area contributed by atoms with Crippen molar-refractivity contribution in [2.75, 3.05) is 18.5 Å². The monoisotopic (exact) mass is 384 g/mol. The lowest BCUT2D eigenvalue weighted by Crippen LogP contribution is -2.41. The van der Waals surface area contributed by atoms with Gasteiger partial charge in [0.2, 0.25) is 0 Å². The number of nitrogens with zero attached hydrogens (tertiary/aromatic N) is 1. The van der Waals surface area contributed by atoms with E-state index in [1.807, 2.05) is 59.2 Å². The third-order valence-electron chi connectivity index (χ3n) is 5.49. The molecule has 0 fully saturated rings. The quantitative estimate of drug-likeness (QED) is 0.404. The Bertz CT molecular complexity index is 913. The van der Waals surface area contributed by atoms with E-state index in [1.54, 1.807) is 0 Å². The number of aromatic nitrogens is 1. The van der Waals surface area contributed by atoms with Crippen molar-refractivity contribution in [3.63, 3.8) is 0 Å². The number of hydrogen-bond acceptors (Lipinski definition) is 2. The predicted molar refractivity (Wildman–Crippen MR) is 115 cm³/mol. The molecule has 0 saturated carbocycles. The number of hydrogen-bond donors (Lipinski definition) is 1. The Balaban J connectivity index is 1.86. The van der Waals surface area contributed by atoms with Crippen LogP contribution in [0.15, 0.2) is 54.6 Å². The minimum Gasteiger partial charge on any atom is -0.415 e. The van der Waals surface area contributed by atoms with Crippen LogP contribution in [0.25, 0.3) is 16.6 Å². The van der Waals surface area contributed by atoms with Gasteiger partial charge >= 0.3 is 0 Å². The second-order valence-corrected chi connectivity index (χ2v) is 13.2. The SMILES string of the molecule is CC(C)(C)[Si](C)(C)OCCNc1c(F)c2ccccc2n1-c1ccccc1. The van der Waals surface area contributed by atoms with Crippen molar-refractivity contribution in [2.24, 2.45) is 0 Å². The highest BCUT2D eigenvalue weighted by atomic mass is 28.4. The van der Waals surface area contributed by atoms with Crippen LogP contribution in [-0.2, 0) is 4.43 Å². The van der Waals surface area contributed by atoms with Gasteiger partial charge < -0.3 is 9.74 Å². The van der Waals surface area contributed by atoms with Crippen molar-refractivity contribution < 1.29 is 8.82 Å². The van der Waals surface area contributed by atoms with Crippen molar-refractivity contribution >= 4 is 25.0 Å². The maximum atomic E-state index is 15.1. The minimum absolute atomic E-state index is 0.164. The van der Waals surface area contributed by atoms with Gasteiger partial charge in [-0.15, -0.1) is 0 Å². The summed E-state index contributed by atoms with van der Waals surface area (Å²) in [7, 11) is -1.81. The Morgan fingerprint density at radius 2 is 1.63 bits per heavy atom. The molecule has 3 nitrogen and oxygen atoms in total. The number of fused-ring (bicyclic) bond motifs is 1. The van der Waals surface area contributed by atoms with E-state index in [-0.39, 0.29) is 10.9 Å². The first-order chi connectivity index (χ1) is 12.7. The molecule has 0 radical (unpaired) electrons. The molecule has 1 N–H and O–H groups in total. The zero-order valence-corrected chi connectivity index (χ0v) is 17.8. The summed E-state index contributed by atoms with van der Waals surface area (Å²) in [4.78, 5) is 0. The average Bonchev–Trinajstić information content (AvgIpc) is 2.91. The van der Waals surface area contributed by atoms with Crippen LogP contribution < -0.4 is 5.32 Å². The maximum absolute atomic E-state index is 15.1. The second kappa shape index (κ2) is 7.48. The van der Waals surface area contributed by atoms with E-state index in [2.05, 4.69) is 39.2 Å². The van der Waals surface area contributed by atoms with E-state index >= 15 is 4.39 Å². The van der Waals surface area contributed by atoms with Gasteiger partial charge in [-0.2, -0.15) is 0 Å². The standard InChI is InChI=1S/C22H29FN2OSi/c1-22(2,3)27(4,5)26-16-15-24-21-20(23)18-13-9-10-14-19(18)25(21)17-11-7-6-8-12-17/h6-14,24H,15-16H2,1-5H3. The van der Waals surface area contributed by atoms with Gasteiger partial charge in [-0.1, -0.05) is 51.1 Å². The summed E-state index contributed by atoms with van der Waals surface area (Å²) in [5, 5.41) is 4.06. The molecule has 2 aromatic carbocycles. The Kier molecular flexibility index (Phi) is 5.45. The van der Waals surface area contributed by atoms with E-state index in [4.69, 9.17) is 4.43 Å². The molecular weight excluding hydrogens is 355 g/mol. The normalized spacial score (nSPS) is 12.5. The van der Waals surface area contributed by atoms with Gasteiger partial charge in [0, 0.05) is 17.6 Å². The molecule has 0 unspecified atom stereocenters. The highest BCUT2D eigenvalue weighted by Crippen LogP contribution is 2.36. The zero-order valence-electron chi connectivity index (χ0n) is 16.8. The van der Waals surface area contributed by atoms with E-state index in [0.717, 1.165) is 11.2 Å². The first kappa shape index (κ1) is 19.6. The fourth-order valence-electron chi connectivity index (χ4n) is 2.89. The van der Waals surface area contributed by atoms with Gasteiger partial charge in [-0.25, -0.2) is 4.39 Å². The second-order valence-electron chi connectivity index (χ2n) is 8.39. The minimum atomic E-state index is -1.81. The molecule has 0 aliphatic carbocycles. The maximum Gasteiger partial charge on any atom is 0.192 e. The fourth-order valence-corrected chi connectivity index (χ4v) is 3.94. The molecule has 1 heterocycles. The summed E-state index contributed by atoms with van der Waals surface area (Å²) >= 11 is 0. The molecular formula is C22H29FN2OSi. The average molecular weight is 385 g/mol. The molecule has 0 amide bonds. The number of para-hydroxylation sites is 2. The molecule has 144 valence electrons. The molecule has 1 aromatic heterocycles. The van der Waals surface area contributed by atoms with Crippen molar-refractivity contribution in [2.45, 2.75) is 38.9 Å². The molecule has 5 heteroatoms. The summed E-state index contributed by atoms with van der Waals surface area (Å²) < 4.78 is 23.3. The molecule has 3 rings (SSSR count). The van der Waals surface area contributed by atoms with Gasteiger partial charge in [0.1, 0.15) is 5.82 Å². The van der Waals surface area contributed by atoms with Gasteiger partial charge in [0.25, 0.3) is 0 Å². The summed E-state index contributed by atoms with van der Waals surface area (Å²) in [5.41, 5.74) is 1.79. The Morgan fingerprint density at radius 3 is 2.30 bits per heavy atom. The summed E-state index contributed by atoms with van der Waals surface area (Å²) in [6.07, 6.45) is 0. The van der Waals surface area contributed by atoms with Crippen molar-refractivity contribution in [1.29, 1.82) is 0 Å². The molecule has 0 spiro atoms. The van der Waals surface area contributed by atoms with E-state index < -0.39 is 8.32 Å². The summed E-state index contributed by atoms with van der Waals surface area (Å²) in [6, 6.07) is 17.4. The predicted octanol–water partition coefficient (Wildman–Crippen LogP) is 6.20. The smallest absolute Gasteiger partial charge is 0.192 e. The van der Waals surface area contributed by atoms with Crippen LogP contribution in [0.3, 0.4) is 0 Å². The van der Waals surface area contributed by atoms with Crippen LogP contribution in [-0.4, -0.2) is 26.0 Å². The molecule has 0 aliphatic heterocycles.